The van der Waals surface area contributed by atoms with E-state index in [9.17, 15) is 0 Å². The first-order valence-corrected chi connectivity index (χ1v) is 6.97. The minimum Gasteiger partial charge on any atom is -0.370 e. The molecule has 1 unspecified atom stereocenters. The molecule has 1 saturated heterocycles. The number of hydrogen-bond acceptors (Lipinski definition) is 5. The predicted molar refractivity (Wildman–Crippen MR) is 68.1 cm³/mol. The Kier molecular flexibility index (Phi) is 3.56. The van der Waals surface area contributed by atoms with Crippen molar-refractivity contribution in [2.24, 2.45) is 0 Å². The topological polar surface area (TPSA) is 63.7 Å². The summed E-state index contributed by atoms with van der Waals surface area (Å²) in [6, 6.07) is 5.90. The SMILES string of the molecule is c1ccc(CSc2n[nH]c(C3CCCO3)n2)nc1. The van der Waals surface area contributed by atoms with Crippen LogP contribution in [0.15, 0.2) is 29.6 Å². The smallest absolute Gasteiger partial charge is 0.208 e. The van der Waals surface area contributed by atoms with Gasteiger partial charge in [0, 0.05) is 18.6 Å². The van der Waals surface area contributed by atoms with Gasteiger partial charge >= 0.3 is 0 Å². The number of nitrogens with one attached hydrogen (secondary N) is 1. The van der Waals surface area contributed by atoms with Crippen LogP contribution in [0.25, 0.3) is 0 Å². The van der Waals surface area contributed by atoms with E-state index >= 15 is 0 Å². The lowest BCUT2D eigenvalue weighted by atomic mass is 10.2. The monoisotopic (exact) mass is 262 g/mol. The molecule has 1 aliphatic heterocycles. The normalized spacial score (nSPS) is 19.2. The number of H-pyrrole nitrogens is 1. The predicted octanol–water partition coefficient (Wildman–Crippen LogP) is 2.34. The molecule has 6 heteroatoms. The molecule has 0 aromatic carbocycles. The molecule has 3 heterocycles. The second-order valence-electron chi connectivity index (χ2n) is 4.11. The Hall–Kier alpha value is -1.40. The average molecular weight is 262 g/mol. The number of nitrogens with zero attached hydrogens (tertiary/aromatic N) is 3. The van der Waals surface area contributed by atoms with E-state index in [-0.39, 0.29) is 6.10 Å². The van der Waals surface area contributed by atoms with Crippen molar-refractivity contribution in [3.63, 3.8) is 0 Å². The lowest BCUT2D eigenvalue weighted by Crippen LogP contribution is -1.97. The number of aromatic amines is 1. The highest BCUT2D eigenvalue weighted by Gasteiger charge is 2.21. The summed E-state index contributed by atoms with van der Waals surface area (Å²) >= 11 is 1.58. The van der Waals surface area contributed by atoms with Gasteiger partial charge in [0.2, 0.25) is 5.16 Å². The standard InChI is InChI=1S/C12H14N4OS/c1-2-6-13-9(4-1)8-18-12-14-11(15-16-12)10-5-3-7-17-10/h1-2,4,6,10H,3,5,7-8H2,(H,14,15,16). The second kappa shape index (κ2) is 5.49. The maximum absolute atomic E-state index is 5.56. The molecule has 1 atom stereocenters. The van der Waals surface area contributed by atoms with Gasteiger partial charge in [-0.05, 0) is 25.0 Å². The minimum atomic E-state index is 0.0988. The molecular weight excluding hydrogens is 248 g/mol. The Bertz CT molecular complexity index is 496. The van der Waals surface area contributed by atoms with Crippen molar-refractivity contribution in [1.82, 2.24) is 20.2 Å². The van der Waals surface area contributed by atoms with Crippen LogP contribution in [0.4, 0.5) is 0 Å². The summed E-state index contributed by atoms with van der Waals surface area (Å²) in [6.07, 6.45) is 4.02. The van der Waals surface area contributed by atoms with Gasteiger partial charge in [0.25, 0.3) is 0 Å². The van der Waals surface area contributed by atoms with E-state index in [4.69, 9.17) is 4.74 Å². The summed E-state index contributed by atoms with van der Waals surface area (Å²) < 4.78 is 5.56. The van der Waals surface area contributed by atoms with Crippen molar-refractivity contribution in [3.05, 3.63) is 35.9 Å². The molecule has 3 rings (SSSR count). The van der Waals surface area contributed by atoms with Crippen LogP contribution in [0.1, 0.15) is 30.5 Å². The fourth-order valence-corrected chi connectivity index (χ4v) is 2.60. The van der Waals surface area contributed by atoms with Crippen LogP contribution in [-0.2, 0) is 10.5 Å². The maximum Gasteiger partial charge on any atom is 0.208 e. The number of ether oxygens (including phenoxy) is 1. The minimum absolute atomic E-state index is 0.0988. The molecule has 1 aliphatic rings. The zero-order chi connectivity index (χ0) is 12.2. The van der Waals surface area contributed by atoms with Crippen molar-refractivity contribution < 1.29 is 4.74 Å². The van der Waals surface area contributed by atoms with Crippen molar-refractivity contribution in [2.75, 3.05) is 6.61 Å². The Morgan fingerprint density at radius 3 is 3.22 bits per heavy atom. The first-order valence-electron chi connectivity index (χ1n) is 5.98. The molecular formula is C12H14N4OS. The van der Waals surface area contributed by atoms with Crippen molar-refractivity contribution in [3.8, 4) is 0 Å². The summed E-state index contributed by atoms with van der Waals surface area (Å²) in [5.74, 6) is 1.62. The van der Waals surface area contributed by atoms with Crippen LogP contribution in [0.3, 0.4) is 0 Å². The Balaban J connectivity index is 1.60. The number of pyridine rings is 1. The highest BCUT2D eigenvalue weighted by atomic mass is 32.2. The third kappa shape index (κ3) is 2.70. The Labute approximate surface area is 109 Å². The van der Waals surface area contributed by atoms with Gasteiger partial charge in [-0.1, -0.05) is 17.8 Å². The molecule has 1 N–H and O–H groups in total. The summed E-state index contributed by atoms with van der Waals surface area (Å²) in [5, 5.41) is 7.91. The van der Waals surface area contributed by atoms with Crippen LogP contribution in [0.5, 0.6) is 0 Å². The molecule has 18 heavy (non-hydrogen) atoms. The van der Waals surface area contributed by atoms with E-state index in [2.05, 4.69) is 20.2 Å². The molecule has 0 radical (unpaired) electrons. The quantitative estimate of drug-likeness (QED) is 0.857. The van der Waals surface area contributed by atoms with Crippen LogP contribution in [0.2, 0.25) is 0 Å². The summed E-state index contributed by atoms with van der Waals surface area (Å²) in [4.78, 5) is 8.72. The fraction of sp³-hybridized carbons (Fsp3) is 0.417. The summed E-state index contributed by atoms with van der Waals surface area (Å²) in [6.45, 7) is 0.821. The Morgan fingerprint density at radius 2 is 2.44 bits per heavy atom. The van der Waals surface area contributed by atoms with E-state index in [0.717, 1.165) is 41.9 Å². The molecule has 0 amide bonds. The highest BCUT2D eigenvalue weighted by molar-refractivity contribution is 7.98. The van der Waals surface area contributed by atoms with E-state index < -0.39 is 0 Å². The highest BCUT2D eigenvalue weighted by Crippen LogP contribution is 2.27. The molecule has 0 aliphatic carbocycles. The van der Waals surface area contributed by atoms with E-state index in [1.807, 2.05) is 18.2 Å². The average Bonchev–Trinajstić information content (AvgIpc) is 3.08. The van der Waals surface area contributed by atoms with Gasteiger partial charge in [-0.2, -0.15) is 0 Å². The molecule has 0 spiro atoms. The summed E-state index contributed by atoms with van der Waals surface area (Å²) in [7, 11) is 0. The summed E-state index contributed by atoms with van der Waals surface area (Å²) in [5.41, 5.74) is 1.03. The van der Waals surface area contributed by atoms with Crippen LogP contribution in [-0.4, -0.2) is 26.8 Å². The molecule has 2 aromatic heterocycles. The lowest BCUT2D eigenvalue weighted by Gasteiger charge is -2.02. The second-order valence-corrected chi connectivity index (χ2v) is 5.06. The van der Waals surface area contributed by atoms with Gasteiger partial charge in [-0.15, -0.1) is 5.10 Å². The van der Waals surface area contributed by atoms with Gasteiger partial charge < -0.3 is 4.74 Å². The van der Waals surface area contributed by atoms with Crippen molar-refractivity contribution >= 4 is 11.8 Å². The lowest BCUT2D eigenvalue weighted by molar-refractivity contribution is 0.105. The zero-order valence-corrected chi connectivity index (χ0v) is 10.7. The number of hydrogen-bond donors (Lipinski definition) is 1. The number of thioether (sulfide) groups is 1. The molecule has 5 nitrogen and oxygen atoms in total. The number of aromatic nitrogens is 4. The molecule has 0 bridgehead atoms. The first-order chi connectivity index (χ1) is 8.92. The molecule has 1 fully saturated rings. The fourth-order valence-electron chi connectivity index (χ4n) is 1.88. The number of rotatable bonds is 4. The largest absolute Gasteiger partial charge is 0.370 e. The molecule has 94 valence electrons. The van der Waals surface area contributed by atoms with Crippen LogP contribution in [0, 0.1) is 0 Å². The maximum atomic E-state index is 5.56. The zero-order valence-electron chi connectivity index (χ0n) is 9.87. The van der Waals surface area contributed by atoms with Gasteiger partial charge in [0.15, 0.2) is 5.82 Å². The first kappa shape index (κ1) is 11.7. The van der Waals surface area contributed by atoms with Crippen molar-refractivity contribution in [1.29, 1.82) is 0 Å². The van der Waals surface area contributed by atoms with Gasteiger partial charge in [-0.3, -0.25) is 10.1 Å². The van der Waals surface area contributed by atoms with Crippen molar-refractivity contribution in [2.45, 2.75) is 29.9 Å². The van der Waals surface area contributed by atoms with Gasteiger partial charge in [0.1, 0.15) is 6.10 Å². The van der Waals surface area contributed by atoms with Gasteiger partial charge in [0.05, 0.1) is 5.69 Å². The van der Waals surface area contributed by atoms with E-state index in [1.54, 1.807) is 18.0 Å². The third-order valence-electron chi connectivity index (χ3n) is 2.79. The molecule has 2 aromatic rings. The third-order valence-corrected chi connectivity index (χ3v) is 3.67. The van der Waals surface area contributed by atoms with Crippen LogP contribution >= 0.6 is 11.8 Å². The van der Waals surface area contributed by atoms with Gasteiger partial charge in [-0.25, -0.2) is 4.98 Å². The van der Waals surface area contributed by atoms with E-state index in [1.165, 1.54) is 0 Å². The van der Waals surface area contributed by atoms with Crippen LogP contribution < -0.4 is 0 Å². The molecule has 0 saturated carbocycles. The Morgan fingerprint density at radius 1 is 1.44 bits per heavy atom. The van der Waals surface area contributed by atoms with E-state index in [0.29, 0.717) is 0 Å².